The number of hydrogen-bond donors (Lipinski definition) is 1. The molecule has 0 amide bonds. The van der Waals surface area contributed by atoms with Gasteiger partial charge in [0, 0.05) is 6.04 Å². The third-order valence-corrected chi connectivity index (χ3v) is 4.12. The Morgan fingerprint density at radius 2 is 2.00 bits per heavy atom. The molecule has 2 aliphatic rings. The first-order valence-electron chi connectivity index (χ1n) is 6.37. The maximum Gasteiger partial charge on any atom is 0.0101 e. The predicted molar refractivity (Wildman–Crippen MR) is 61.3 cm³/mol. The highest BCUT2D eigenvalue weighted by Gasteiger charge is 2.49. The van der Waals surface area contributed by atoms with Gasteiger partial charge in [0.25, 0.3) is 0 Å². The van der Waals surface area contributed by atoms with Gasteiger partial charge in [0.1, 0.15) is 0 Å². The number of nitrogens with one attached hydrogen (secondary N) is 1. The van der Waals surface area contributed by atoms with E-state index in [-0.39, 0.29) is 0 Å². The van der Waals surface area contributed by atoms with Gasteiger partial charge in [-0.05, 0) is 43.1 Å². The summed E-state index contributed by atoms with van der Waals surface area (Å²) in [4.78, 5) is 0. The van der Waals surface area contributed by atoms with E-state index < -0.39 is 0 Å². The lowest BCUT2D eigenvalue weighted by atomic mass is 9.98. The quantitative estimate of drug-likeness (QED) is 0.686. The van der Waals surface area contributed by atoms with Crippen molar-refractivity contribution in [2.45, 2.75) is 58.9 Å². The molecular weight excluding hydrogens is 170 g/mol. The summed E-state index contributed by atoms with van der Waals surface area (Å²) in [6.45, 7) is 8.21. The fraction of sp³-hybridized carbons (Fsp3) is 1.00. The van der Waals surface area contributed by atoms with Crippen molar-refractivity contribution < 1.29 is 0 Å². The second-order valence-electron chi connectivity index (χ2n) is 5.98. The van der Waals surface area contributed by atoms with Gasteiger partial charge in [0.05, 0.1) is 0 Å². The van der Waals surface area contributed by atoms with E-state index in [1.54, 1.807) is 0 Å². The fourth-order valence-electron chi connectivity index (χ4n) is 2.72. The molecule has 2 atom stereocenters. The average Bonchev–Trinajstić information content (AvgIpc) is 2.98. The van der Waals surface area contributed by atoms with Gasteiger partial charge in [-0.1, -0.05) is 33.6 Å². The largest absolute Gasteiger partial charge is 0.314 e. The maximum atomic E-state index is 3.68. The Hall–Kier alpha value is -0.0400. The predicted octanol–water partition coefficient (Wildman–Crippen LogP) is 3.20. The lowest BCUT2D eigenvalue weighted by Crippen LogP contribution is -2.32. The average molecular weight is 195 g/mol. The molecule has 1 N–H and O–H groups in total. The summed E-state index contributed by atoms with van der Waals surface area (Å²) >= 11 is 0. The summed E-state index contributed by atoms with van der Waals surface area (Å²) in [5, 5.41) is 3.68. The third-order valence-electron chi connectivity index (χ3n) is 4.12. The van der Waals surface area contributed by atoms with E-state index in [1.807, 2.05) is 0 Å². The summed E-state index contributed by atoms with van der Waals surface area (Å²) in [5.41, 5.74) is 0.635. The minimum atomic E-state index is 0.635. The zero-order valence-corrected chi connectivity index (χ0v) is 9.97. The molecule has 2 saturated carbocycles. The van der Waals surface area contributed by atoms with E-state index >= 15 is 0 Å². The van der Waals surface area contributed by atoms with Crippen LogP contribution >= 0.6 is 0 Å². The maximum absolute atomic E-state index is 3.68. The highest BCUT2D eigenvalue weighted by Crippen LogP contribution is 2.54. The molecule has 0 radical (unpaired) electrons. The Morgan fingerprint density at radius 3 is 2.43 bits per heavy atom. The van der Waals surface area contributed by atoms with E-state index in [1.165, 1.54) is 32.1 Å². The Morgan fingerprint density at radius 1 is 1.36 bits per heavy atom. The van der Waals surface area contributed by atoms with Crippen molar-refractivity contribution in [3.8, 4) is 0 Å². The summed E-state index contributed by atoms with van der Waals surface area (Å²) in [5.74, 6) is 2.05. The lowest BCUT2D eigenvalue weighted by molar-refractivity contribution is 0.377. The Balaban J connectivity index is 1.75. The minimum absolute atomic E-state index is 0.635. The van der Waals surface area contributed by atoms with Crippen molar-refractivity contribution in [3.05, 3.63) is 0 Å². The fourth-order valence-corrected chi connectivity index (χ4v) is 2.72. The number of hydrogen-bond acceptors (Lipinski definition) is 1. The SMILES string of the molecule is CCNC(CCC1CC1)C1CC1(C)C. The van der Waals surface area contributed by atoms with Crippen molar-refractivity contribution in [3.63, 3.8) is 0 Å². The van der Waals surface area contributed by atoms with Crippen LogP contribution < -0.4 is 5.32 Å². The Kier molecular flexibility index (Phi) is 2.88. The van der Waals surface area contributed by atoms with Crippen LogP contribution in [0.4, 0.5) is 0 Å². The van der Waals surface area contributed by atoms with Crippen molar-refractivity contribution in [1.29, 1.82) is 0 Å². The molecule has 2 aliphatic carbocycles. The second-order valence-corrected chi connectivity index (χ2v) is 5.98. The van der Waals surface area contributed by atoms with Crippen LogP contribution in [0.2, 0.25) is 0 Å². The molecule has 0 aromatic heterocycles. The molecule has 0 bridgehead atoms. The first-order valence-corrected chi connectivity index (χ1v) is 6.37. The second kappa shape index (κ2) is 3.84. The molecular formula is C13H25N. The molecule has 1 nitrogen and oxygen atoms in total. The minimum Gasteiger partial charge on any atom is -0.314 e. The summed E-state index contributed by atoms with van der Waals surface area (Å²) in [6, 6.07) is 0.815. The summed E-state index contributed by atoms with van der Waals surface area (Å²) < 4.78 is 0. The van der Waals surface area contributed by atoms with E-state index in [0.29, 0.717) is 5.41 Å². The third kappa shape index (κ3) is 2.50. The first kappa shape index (κ1) is 10.5. The molecule has 0 aliphatic heterocycles. The topological polar surface area (TPSA) is 12.0 Å². The molecule has 14 heavy (non-hydrogen) atoms. The van der Waals surface area contributed by atoms with Crippen LogP contribution in [-0.2, 0) is 0 Å². The normalized spacial score (nSPS) is 31.5. The molecule has 2 unspecified atom stereocenters. The van der Waals surface area contributed by atoms with E-state index in [2.05, 4.69) is 26.1 Å². The lowest BCUT2D eigenvalue weighted by Gasteiger charge is -2.19. The zero-order chi connectivity index (χ0) is 10.2. The molecule has 0 aromatic rings. The van der Waals surface area contributed by atoms with Crippen LogP contribution in [0.15, 0.2) is 0 Å². The standard InChI is InChI=1S/C13H25N/c1-4-14-12(8-7-10-5-6-10)11-9-13(11,2)3/h10-12,14H,4-9H2,1-3H3. The smallest absolute Gasteiger partial charge is 0.0101 e. The summed E-state index contributed by atoms with van der Waals surface area (Å²) in [7, 11) is 0. The molecule has 82 valence electrons. The monoisotopic (exact) mass is 195 g/mol. The highest BCUT2D eigenvalue weighted by atomic mass is 14.9. The van der Waals surface area contributed by atoms with Gasteiger partial charge >= 0.3 is 0 Å². The van der Waals surface area contributed by atoms with E-state index in [0.717, 1.165) is 24.4 Å². The van der Waals surface area contributed by atoms with Gasteiger partial charge in [-0.3, -0.25) is 0 Å². The van der Waals surface area contributed by atoms with Crippen LogP contribution in [0.3, 0.4) is 0 Å². The van der Waals surface area contributed by atoms with E-state index in [9.17, 15) is 0 Å². The van der Waals surface area contributed by atoms with Gasteiger partial charge < -0.3 is 5.32 Å². The number of rotatable bonds is 6. The van der Waals surface area contributed by atoms with Gasteiger partial charge in [-0.2, -0.15) is 0 Å². The molecule has 0 spiro atoms. The molecule has 1 heteroatoms. The van der Waals surface area contributed by atoms with Crippen molar-refractivity contribution >= 4 is 0 Å². The van der Waals surface area contributed by atoms with Crippen molar-refractivity contribution in [2.75, 3.05) is 6.54 Å². The van der Waals surface area contributed by atoms with Crippen LogP contribution in [0.5, 0.6) is 0 Å². The van der Waals surface area contributed by atoms with Gasteiger partial charge in [0.15, 0.2) is 0 Å². The van der Waals surface area contributed by atoms with Gasteiger partial charge in [-0.15, -0.1) is 0 Å². The Labute approximate surface area is 88.7 Å². The van der Waals surface area contributed by atoms with Crippen LogP contribution in [0.1, 0.15) is 52.9 Å². The summed E-state index contributed by atoms with van der Waals surface area (Å²) in [6.07, 6.45) is 7.35. The van der Waals surface area contributed by atoms with E-state index in [4.69, 9.17) is 0 Å². The Bertz CT molecular complexity index is 193. The highest BCUT2D eigenvalue weighted by molar-refractivity contribution is 5.01. The van der Waals surface area contributed by atoms with Crippen LogP contribution in [-0.4, -0.2) is 12.6 Å². The van der Waals surface area contributed by atoms with Crippen molar-refractivity contribution in [2.24, 2.45) is 17.3 Å². The van der Waals surface area contributed by atoms with Gasteiger partial charge in [0.2, 0.25) is 0 Å². The molecule has 0 heterocycles. The van der Waals surface area contributed by atoms with Crippen LogP contribution in [0, 0.1) is 17.3 Å². The molecule has 2 fully saturated rings. The molecule has 0 saturated heterocycles. The first-order chi connectivity index (χ1) is 6.63. The van der Waals surface area contributed by atoms with Crippen molar-refractivity contribution in [1.82, 2.24) is 5.32 Å². The molecule has 2 rings (SSSR count). The van der Waals surface area contributed by atoms with Gasteiger partial charge in [-0.25, -0.2) is 0 Å². The molecule has 0 aromatic carbocycles. The zero-order valence-electron chi connectivity index (χ0n) is 9.97. The van der Waals surface area contributed by atoms with Crippen LogP contribution in [0.25, 0.3) is 0 Å².